The van der Waals surface area contributed by atoms with Gasteiger partial charge >= 0.3 is 0 Å². The molecule has 3 fully saturated rings. The summed E-state index contributed by atoms with van der Waals surface area (Å²) in [5, 5.41) is 7.92. The maximum atomic E-state index is 13.0. The molecular formula is C17H21N5O3S. The normalized spacial score (nSPS) is 22.8. The number of hydrogen-bond acceptors (Lipinski definition) is 7. The van der Waals surface area contributed by atoms with Gasteiger partial charge in [-0.25, -0.2) is 0 Å². The van der Waals surface area contributed by atoms with Crippen molar-refractivity contribution >= 4 is 23.3 Å². The average molecular weight is 375 g/mol. The first-order valence-corrected chi connectivity index (χ1v) is 9.53. The predicted octanol–water partition coefficient (Wildman–Crippen LogP) is 1.71. The number of aryl methyl sites for hydroxylation is 3. The minimum absolute atomic E-state index is 0.0140. The van der Waals surface area contributed by atoms with Crippen LogP contribution in [0.3, 0.4) is 0 Å². The number of amides is 2. The third-order valence-electron chi connectivity index (χ3n) is 5.44. The number of hydrogen-bond donors (Lipinski definition) is 0. The summed E-state index contributed by atoms with van der Waals surface area (Å²) < 4.78 is 9.10. The van der Waals surface area contributed by atoms with Crippen molar-refractivity contribution in [3.63, 3.8) is 0 Å². The highest BCUT2D eigenvalue weighted by molar-refractivity contribution is 7.07. The van der Waals surface area contributed by atoms with Gasteiger partial charge in [0, 0.05) is 24.7 Å². The Balaban J connectivity index is 1.58. The topological polar surface area (TPSA) is 92.4 Å². The second kappa shape index (κ2) is 6.46. The van der Waals surface area contributed by atoms with Crippen molar-refractivity contribution in [3.8, 4) is 0 Å². The van der Waals surface area contributed by atoms with Gasteiger partial charge in [0.15, 0.2) is 0 Å². The predicted molar refractivity (Wildman–Crippen MR) is 93.6 cm³/mol. The Hall–Kier alpha value is -2.29. The fourth-order valence-electron chi connectivity index (χ4n) is 3.88. The van der Waals surface area contributed by atoms with Crippen LogP contribution in [0.1, 0.15) is 45.2 Å². The Labute approximate surface area is 155 Å². The maximum Gasteiger partial charge on any atom is 0.267 e. The molecule has 2 atom stereocenters. The number of fused-ring (bicyclic) bond motifs is 4. The maximum absolute atomic E-state index is 13.0. The van der Waals surface area contributed by atoms with Gasteiger partial charge in [0.05, 0.1) is 23.9 Å². The molecule has 3 aliphatic heterocycles. The van der Waals surface area contributed by atoms with Gasteiger partial charge in [-0.2, -0.15) is 0 Å². The van der Waals surface area contributed by atoms with Crippen LogP contribution in [0.15, 0.2) is 4.52 Å². The van der Waals surface area contributed by atoms with Gasteiger partial charge in [0.1, 0.15) is 10.6 Å². The van der Waals surface area contributed by atoms with Crippen LogP contribution in [0.25, 0.3) is 0 Å². The van der Waals surface area contributed by atoms with E-state index in [-0.39, 0.29) is 23.8 Å². The molecule has 5 rings (SSSR count). The molecule has 2 aromatic heterocycles. The van der Waals surface area contributed by atoms with E-state index in [0.717, 1.165) is 41.4 Å². The molecule has 0 N–H and O–H groups in total. The van der Waals surface area contributed by atoms with Gasteiger partial charge in [0.25, 0.3) is 5.91 Å². The van der Waals surface area contributed by atoms with E-state index in [9.17, 15) is 9.59 Å². The van der Waals surface area contributed by atoms with E-state index >= 15 is 0 Å². The summed E-state index contributed by atoms with van der Waals surface area (Å²) in [5.74, 6) is 0.645. The van der Waals surface area contributed by atoms with E-state index in [1.165, 1.54) is 0 Å². The summed E-state index contributed by atoms with van der Waals surface area (Å²) in [7, 11) is 0. The summed E-state index contributed by atoms with van der Waals surface area (Å²) in [5.41, 5.74) is 2.43. The molecule has 0 unspecified atom stereocenters. The van der Waals surface area contributed by atoms with E-state index < -0.39 is 0 Å². The molecular weight excluding hydrogens is 354 g/mol. The fraction of sp³-hybridized carbons (Fsp3) is 0.588. The van der Waals surface area contributed by atoms with Gasteiger partial charge in [-0.1, -0.05) is 9.64 Å². The van der Waals surface area contributed by atoms with Crippen LogP contribution in [0.5, 0.6) is 0 Å². The van der Waals surface area contributed by atoms with Gasteiger partial charge < -0.3 is 14.3 Å². The highest BCUT2D eigenvalue weighted by Gasteiger charge is 2.42. The van der Waals surface area contributed by atoms with Crippen molar-refractivity contribution in [2.24, 2.45) is 5.92 Å². The standard InChI is InChI=1S/C17H21N5O3S/c1-9-14(11(3)25-19-9)8-22-13-5-4-12(16(22)23)6-21(7-13)17(24)15-10(2)18-20-26-15/h12-13H,4-8H2,1-3H3/t12-,13+/m0/s1. The van der Waals surface area contributed by atoms with E-state index in [2.05, 4.69) is 14.7 Å². The molecule has 3 saturated heterocycles. The Bertz CT molecular complexity index is 841. The Morgan fingerprint density at radius 3 is 2.69 bits per heavy atom. The zero-order chi connectivity index (χ0) is 18.4. The molecule has 138 valence electrons. The molecule has 5 heterocycles. The Morgan fingerprint density at radius 1 is 1.23 bits per heavy atom. The Morgan fingerprint density at radius 2 is 2.04 bits per heavy atom. The monoisotopic (exact) mass is 375 g/mol. The first-order chi connectivity index (χ1) is 12.5. The van der Waals surface area contributed by atoms with Crippen molar-refractivity contribution < 1.29 is 14.1 Å². The number of piperidine rings is 1. The number of rotatable bonds is 3. The summed E-state index contributed by atoms with van der Waals surface area (Å²) in [6.07, 6.45) is 1.73. The first-order valence-electron chi connectivity index (χ1n) is 8.76. The number of nitrogens with zero attached hydrogens (tertiary/aromatic N) is 5. The smallest absolute Gasteiger partial charge is 0.267 e. The van der Waals surface area contributed by atoms with Crippen LogP contribution in [-0.2, 0) is 11.3 Å². The fourth-order valence-corrected chi connectivity index (χ4v) is 4.51. The molecule has 8 nitrogen and oxygen atoms in total. The molecule has 9 heteroatoms. The van der Waals surface area contributed by atoms with Crippen LogP contribution in [-0.4, -0.2) is 55.5 Å². The lowest BCUT2D eigenvalue weighted by molar-refractivity contribution is -0.140. The van der Waals surface area contributed by atoms with E-state index in [0.29, 0.717) is 30.2 Å². The van der Waals surface area contributed by atoms with Crippen LogP contribution >= 0.6 is 11.5 Å². The summed E-state index contributed by atoms with van der Waals surface area (Å²) >= 11 is 1.12. The number of carbonyl (C=O) groups is 2. The molecule has 0 radical (unpaired) electrons. The van der Waals surface area contributed by atoms with Crippen LogP contribution < -0.4 is 0 Å². The molecule has 26 heavy (non-hydrogen) atoms. The minimum atomic E-state index is -0.153. The van der Waals surface area contributed by atoms with Gasteiger partial charge in [-0.05, 0) is 45.1 Å². The van der Waals surface area contributed by atoms with Crippen molar-refractivity contribution in [2.75, 3.05) is 13.1 Å². The molecule has 0 aliphatic carbocycles. The molecule has 2 bridgehead atoms. The summed E-state index contributed by atoms with van der Waals surface area (Å²) in [4.78, 5) is 30.2. The second-order valence-corrected chi connectivity index (χ2v) is 7.85. The van der Waals surface area contributed by atoms with Crippen molar-refractivity contribution in [2.45, 2.75) is 46.2 Å². The van der Waals surface area contributed by atoms with Crippen LogP contribution in [0.4, 0.5) is 0 Å². The lowest BCUT2D eigenvalue weighted by atomic mass is 9.93. The van der Waals surface area contributed by atoms with Crippen LogP contribution in [0.2, 0.25) is 0 Å². The van der Waals surface area contributed by atoms with Crippen LogP contribution in [0, 0.1) is 26.7 Å². The summed E-state index contributed by atoms with van der Waals surface area (Å²) in [6, 6.07) is 0.0140. The molecule has 0 aromatic carbocycles. The quantitative estimate of drug-likeness (QED) is 0.811. The summed E-state index contributed by atoms with van der Waals surface area (Å²) in [6.45, 7) is 7.04. The molecule has 0 spiro atoms. The number of aromatic nitrogens is 3. The Kier molecular flexibility index (Phi) is 4.26. The highest BCUT2D eigenvalue weighted by atomic mass is 32.1. The second-order valence-electron chi connectivity index (χ2n) is 7.09. The van der Waals surface area contributed by atoms with Gasteiger partial charge in [-0.15, -0.1) is 5.10 Å². The highest BCUT2D eigenvalue weighted by Crippen LogP contribution is 2.32. The third-order valence-corrected chi connectivity index (χ3v) is 6.25. The van der Waals surface area contributed by atoms with E-state index in [1.807, 2.05) is 18.7 Å². The molecule has 2 amide bonds. The van der Waals surface area contributed by atoms with E-state index in [4.69, 9.17) is 4.52 Å². The molecule has 0 saturated carbocycles. The zero-order valence-corrected chi connectivity index (χ0v) is 15.9. The van der Waals surface area contributed by atoms with Crippen molar-refractivity contribution in [1.82, 2.24) is 24.5 Å². The zero-order valence-electron chi connectivity index (χ0n) is 15.1. The lowest BCUT2D eigenvalue weighted by Crippen LogP contribution is -2.47. The number of carbonyl (C=O) groups excluding carboxylic acids is 2. The van der Waals surface area contributed by atoms with Gasteiger partial charge in [0.2, 0.25) is 5.91 Å². The van der Waals surface area contributed by atoms with Gasteiger partial charge in [-0.3, -0.25) is 9.59 Å². The molecule has 2 aromatic rings. The molecule has 3 aliphatic rings. The SMILES string of the molecule is Cc1nnsc1C(=O)N1C[C@@H]2CC[C@H](C1)N(Cc1c(C)noc1C)C2=O. The minimum Gasteiger partial charge on any atom is -0.361 e. The lowest BCUT2D eigenvalue weighted by Gasteiger charge is -2.35. The average Bonchev–Trinajstić information content (AvgIpc) is 3.05. The van der Waals surface area contributed by atoms with Crippen molar-refractivity contribution in [1.29, 1.82) is 0 Å². The largest absolute Gasteiger partial charge is 0.361 e. The first kappa shape index (κ1) is 17.1. The third kappa shape index (κ3) is 2.80. The van der Waals surface area contributed by atoms with E-state index in [1.54, 1.807) is 11.8 Å². The van der Waals surface area contributed by atoms with Crippen molar-refractivity contribution in [3.05, 3.63) is 27.6 Å².